The Labute approximate surface area is 137 Å². The summed E-state index contributed by atoms with van der Waals surface area (Å²) in [5.41, 5.74) is 3.19. The van der Waals surface area contributed by atoms with Crippen LogP contribution in [0.4, 0.5) is 4.39 Å². The molecule has 1 fully saturated rings. The zero-order valence-corrected chi connectivity index (χ0v) is 14.2. The monoisotopic (exact) mass is 319 g/mol. The lowest BCUT2D eigenvalue weighted by molar-refractivity contribution is 0.0714. The third kappa shape index (κ3) is 3.42. The summed E-state index contributed by atoms with van der Waals surface area (Å²) in [6, 6.07) is 4.89. The van der Waals surface area contributed by atoms with Crippen LogP contribution >= 0.6 is 0 Å². The summed E-state index contributed by atoms with van der Waals surface area (Å²) in [5, 5.41) is 11.5. The van der Waals surface area contributed by atoms with E-state index in [9.17, 15) is 9.50 Å². The minimum Gasteiger partial charge on any atom is -0.390 e. The minimum absolute atomic E-state index is 0.212. The molecular formula is C18H26FN3O. The minimum atomic E-state index is -0.419. The van der Waals surface area contributed by atoms with E-state index >= 15 is 0 Å². The Morgan fingerprint density at radius 1 is 1.13 bits per heavy atom. The molecule has 1 aliphatic rings. The summed E-state index contributed by atoms with van der Waals surface area (Å²) in [4.78, 5) is 4.63. The molecule has 1 saturated heterocycles. The van der Waals surface area contributed by atoms with Crippen molar-refractivity contribution in [1.82, 2.24) is 14.4 Å². The average molecular weight is 319 g/mol. The summed E-state index contributed by atoms with van der Waals surface area (Å²) < 4.78 is 15.6. The van der Waals surface area contributed by atoms with E-state index in [1.807, 2.05) is 19.9 Å². The van der Waals surface area contributed by atoms with Crippen molar-refractivity contribution in [3.8, 4) is 0 Å². The van der Waals surface area contributed by atoms with Gasteiger partial charge >= 0.3 is 0 Å². The molecule has 126 valence electrons. The van der Waals surface area contributed by atoms with Crippen molar-refractivity contribution in [2.24, 2.45) is 0 Å². The maximum atomic E-state index is 13.5. The number of fused-ring (bicyclic) bond motifs is 1. The number of hydrogen-bond donors (Lipinski definition) is 1. The molecule has 0 saturated carbocycles. The molecule has 23 heavy (non-hydrogen) atoms. The maximum absolute atomic E-state index is 13.5. The molecular weight excluding hydrogens is 293 g/mol. The molecule has 0 spiro atoms. The molecule has 5 heteroatoms. The Morgan fingerprint density at radius 3 is 2.52 bits per heavy atom. The standard InChI is InChI=1S/C18H26FN3O/c1-13-14(2)22(18-5-4-15(19)10-17(13)18)12-16(23)11-21-8-6-20(3)7-9-21/h4-5,10,16,23H,6-9,11-12H2,1-3H3/t16-/m0/s1. The van der Waals surface area contributed by atoms with Crippen LogP contribution in [-0.2, 0) is 6.54 Å². The van der Waals surface area contributed by atoms with Crippen molar-refractivity contribution < 1.29 is 9.50 Å². The molecule has 4 nitrogen and oxygen atoms in total. The van der Waals surface area contributed by atoms with Crippen LogP contribution in [-0.4, -0.2) is 65.3 Å². The highest BCUT2D eigenvalue weighted by molar-refractivity contribution is 5.85. The van der Waals surface area contributed by atoms with Gasteiger partial charge in [0.2, 0.25) is 0 Å². The number of nitrogens with zero attached hydrogens (tertiary/aromatic N) is 3. The molecule has 2 heterocycles. The van der Waals surface area contributed by atoms with E-state index in [2.05, 4.69) is 21.4 Å². The van der Waals surface area contributed by atoms with E-state index in [0.717, 1.165) is 48.3 Å². The van der Waals surface area contributed by atoms with Gasteiger partial charge in [-0.25, -0.2) is 4.39 Å². The number of rotatable bonds is 4. The predicted molar refractivity (Wildman–Crippen MR) is 91.3 cm³/mol. The molecule has 0 aliphatic carbocycles. The fourth-order valence-corrected chi connectivity index (χ4v) is 3.45. The second-order valence-electron chi connectivity index (χ2n) is 6.74. The second-order valence-corrected chi connectivity index (χ2v) is 6.74. The molecule has 2 aromatic rings. The van der Waals surface area contributed by atoms with Crippen LogP contribution < -0.4 is 0 Å². The first-order chi connectivity index (χ1) is 11.0. The Kier molecular flexibility index (Phi) is 4.71. The number of β-amino-alcohol motifs (C(OH)–C–C–N with tert-alkyl or cyclic N) is 1. The number of likely N-dealkylation sites (N-methyl/N-ethyl adjacent to an activating group) is 1. The number of piperazine rings is 1. The molecule has 0 radical (unpaired) electrons. The van der Waals surface area contributed by atoms with Crippen molar-refractivity contribution in [3.63, 3.8) is 0 Å². The van der Waals surface area contributed by atoms with E-state index in [1.165, 1.54) is 6.07 Å². The van der Waals surface area contributed by atoms with Crippen LogP contribution in [0.1, 0.15) is 11.3 Å². The first-order valence-electron chi connectivity index (χ1n) is 8.29. The van der Waals surface area contributed by atoms with E-state index in [0.29, 0.717) is 13.1 Å². The number of aliphatic hydroxyl groups is 1. The van der Waals surface area contributed by atoms with Gasteiger partial charge < -0.3 is 14.6 Å². The maximum Gasteiger partial charge on any atom is 0.123 e. The smallest absolute Gasteiger partial charge is 0.123 e. The quantitative estimate of drug-likeness (QED) is 0.935. The van der Waals surface area contributed by atoms with Crippen LogP contribution in [0.15, 0.2) is 18.2 Å². The zero-order chi connectivity index (χ0) is 16.6. The second kappa shape index (κ2) is 6.59. The van der Waals surface area contributed by atoms with Gasteiger partial charge in [-0.1, -0.05) is 0 Å². The van der Waals surface area contributed by atoms with Crippen LogP contribution in [0.25, 0.3) is 10.9 Å². The molecule has 0 unspecified atom stereocenters. The number of aromatic nitrogens is 1. The highest BCUT2D eigenvalue weighted by Gasteiger charge is 2.19. The molecule has 3 rings (SSSR count). The normalized spacial score (nSPS) is 18.7. The van der Waals surface area contributed by atoms with Gasteiger partial charge in [0.15, 0.2) is 0 Å². The van der Waals surface area contributed by atoms with Crippen molar-refractivity contribution in [2.75, 3.05) is 39.8 Å². The Bertz CT molecular complexity index is 689. The zero-order valence-electron chi connectivity index (χ0n) is 14.2. The molecule has 0 amide bonds. The third-order valence-electron chi connectivity index (χ3n) is 5.06. The van der Waals surface area contributed by atoms with Crippen LogP contribution in [0.2, 0.25) is 0 Å². The van der Waals surface area contributed by atoms with Gasteiger partial charge in [0.05, 0.1) is 12.6 Å². The highest BCUT2D eigenvalue weighted by Crippen LogP contribution is 2.26. The SMILES string of the molecule is Cc1c(C)n(C[C@@H](O)CN2CCN(C)CC2)c2ccc(F)cc12. The number of benzene rings is 1. The number of aliphatic hydroxyl groups excluding tert-OH is 1. The van der Waals surface area contributed by atoms with Crippen LogP contribution in [0, 0.1) is 19.7 Å². The molecule has 0 bridgehead atoms. The fraction of sp³-hybridized carbons (Fsp3) is 0.556. The summed E-state index contributed by atoms with van der Waals surface area (Å²) >= 11 is 0. The van der Waals surface area contributed by atoms with Gasteiger partial charge in [0.1, 0.15) is 5.82 Å². The molecule has 1 atom stereocenters. The summed E-state index contributed by atoms with van der Waals surface area (Å²) in [6.45, 7) is 9.40. The van der Waals surface area contributed by atoms with E-state index < -0.39 is 6.10 Å². The van der Waals surface area contributed by atoms with E-state index in [1.54, 1.807) is 6.07 Å². The summed E-state index contributed by atoms with van der Waals surface area (Å²) in [7, 11) is 2.13. The molecule has 1 aromatic heterocycles. The van der Waals surface area contributed by atoms with Crippen LogP contribution in [0.3, 0.4) is 0 Å². The number of hydrogen-bond acceptors (Lipinski definition) is 3. The lowest BCUT2D eigenvalue weighted by Crippen LogP contribution is -2.47. The van der Waals surface area contributed by atoms with Crippen molar-refractivity contribution in [3.05, 3.63) is 35.3 Å². The van der Waals surface area contributed by atoms with Crippen molar-refractivity contribution >= 4 is 10.9 Å². The molecule has 1 aromatic carbocycles. The van der Waals surface area contributed by atoms with Gasteiger partial charge in [-0.3, -0.25) is 4.90 Å². The lowest BCUT2D eigenvalue weighted by Gasteiger charge is -2.33. The van der Waals surface area contributed by atoms with Gasteiger partial charge in [0.25, 0.3) is 0 Å². The average Bonchev–Trinajstić information content (AvgIpc) is 2.74. The van der Waals surface area contributed by atoms with Crippen LogP contribution in [0.5, 0.6) is 0 Å². The first kappa shape index (κ1) is 16.4. The van der Waals surface area contributed by atoms with Gasteiger partial charge in [-0.15, -0.1) is 0 Å². The number of halogens is 1. The molecule has 1 N–H and O–H groups in total. The van der Waals surface area contributed by atoms with E-state index in [4.69, 9.17) is 0 Å². The highest BCUT2D eigenvalue weighted by atomic mass is 19.1. The summed E-state index contributed by atoms with van der Waals surface area (Å²) in [6.07, 6.45) is -0.419. The molecule has 1 aliphatic heterocycles. The Balaban J connectivity index is 1.74. The van der Waals surface area contributed by atoms with Gasteiger partial charge in [-0.05, 0) is 44.7 Å². The largest absolute Gasteiger partial charge is 0.390 e. The predicted octanol–water partition coefficient (Wildman–Crippen LogP) is 2.01. The van der Waals surface area contributed by atoms with E-state index in [-0.39, 0.29) is 5.82 Å². The topological polar surface area (TPSA) is 31.6 Å². The third-order valence-corrected chi connectivity index (χ3v) is 5.06. The summed E-state index contributed by atoms with van der Waals surface area (Å²) in [5.74, 6) is -0.212. The lowest BCUT2D eigenvalue weighted by atomic mass is 10.1. The van der Waals surface area contributed by atoms with Gasteiger partial charge in [0, 0.05) is 49.3 Å². The Morgan fingerprint density at radius 2 is 1.83 bits per heavy atom. The first-order valence-corrected chi connectivity index (χ1v) is 8.29. The van der Waals surface area contributed by atoms with Gasteiger partial charge in [-0.2, -0.15) is 0 Å². The number of aryl methyl sites for hydroxylation is 1. The fourth-order valence-electron chi connectivity index (χ4n) is 3.45. The Hall–Kier alpha value is -1.43. The van der Waals surface area contributed by atoms with Crippen molar-refractivity contribution in [1.29, 1.82) is 0 Å². The van der Waals surface area contributed by atoms with Crippen molar-refractivity contribution in [2.45, 2.75) is 26.5 Å².